The number of hydrogen-bond donors (Lipinski definition) is 0. The second kappa shape index (κ2) is 6.45. The van der Waals surface area contributed by atoms with E-state index < -0.39 is 5.41 Å². The summed E-state index contributed by atoms with van der Waals surface area (Å²) in [5.41, 5.74) is 2.09. The number of nitrogens with zero attached hydrogens (tertiary/aromatic N) is 2. The van der Waals surface area contributed by atoms with E-state index in [9.17, 15) is 9.59 Å². The highest BCUT2D eigenvalue weighted by Gasteiger charge is 2.51. The van der Waals surface area contributed by atoms with Gasteiger partial charge in [-0.15, -0.1) is 0 Å². The molecular weight excluding hydrogens is 324 g/mol. The molecule has 0 radical (unpaired) electrons. The number of carbonyl (C=O) groups is 2. The Kier molecular flexibility index (Phi) is 4.11. The second-order valence-corrected chi connectivity index (χ2v) is 7.07. The van der Waals surface area contributed by atoms with Crippen LogP contribution in [0.1, 0.15) is 17.5 Å². The van der Waals surface area contributed by atoms with E-state index in [-0.39, 0.29) is 18.2 Å². The number of para-hydroxylation sites is 1. The zero-order valence-corrected chi connectivity index (χ0v) is 14.9. The lowest BCUT2D eigenvalue weighted by Gasteiger charge is -2.30. The Balaban J connectivity index is 1.77. The van der Waals surface area contributed by atoms with Crippen LogP contribution in [0, 0.1) is 0 Å². The largest absolute Gasteiger partial charge is 0.335 e. The van der Waals surface area contributed by atoms with Crippen LogP contribution in [0.15, 0.2) is 66.7 Å². The average molecular weight is 346 g/mol. The second-order valence-electron chi connectivity index (χ2n) is 7.07. The van der Waals surface area contributed by atoms with E-state index in [0.717, 1.165) is 16.8 Å². The highest BCUT2D eigenvalue weighted by Crippen LogP contribution is 2.45. The first kappa shape index (κ1) is 16.6. The maximum Gasteiger partial charge on any atom is 0.238 e. The predicted molar refractivity (Wildman–Crippen MR) is 102 cm³/mol. The third-order valence-electron chi connectivity index (χ3n) is 5.47. The topological polar surface area (TPSA) is 40.6 Å². The van der Waals surface area contributed by atoms with Gasteiger partial charge in [0.2, 0.25) is 11.8 Å². The molecule has 26 heavy (non-hydrogen) atoms. The molecule has 0 spiro atoms. The summed E-state index contributed by atoms with van der Waals surface area (Å²) in [6.07, 6.45) is 4.72. The van der Waals surface area contributed by atoms with Crippen LogP contribution in [0.25, 0.3) is 0 Å². The summed E-state index contributed by atoms with van der Waals surface area (Å²) in [7, 11) is 1.80. The van der Waals surface area contributed by atoms with Gasteiger partial charge in [0.15, 0.2) is 0 Å². The van der Waals surface area contributed by atoms with Crippen molar-refractivity contribution in [1.29, 1.82) is 0 Å². The standard InChI is InChI=1S/C22H22N2O2/c1-23-19-12-6-5-11-18(19)22(21(23)26,15-17-9-3-2-4-10-17)16-20(25)24-13-7-8-14-24/h2-12H,13-16H2,1H3. The van der Waals surface area contributed by atoms with Gasteiger partial charge in [-0.3, -0.25) is 9.59 Å². The Morgan fingerprint density at radius 1 is 1.00 bits per heavy atom. The molecular formula is C22H22N2O2. The predicted octanol–water partition coefficient (Wildman–Crippen LogP) is 2.93. The van der Waals surface area contributed by atoms with Gasteiger partial charge in [-0.05, 0) is 23.6 Å². The summed E-state index contributed by atoms with van der Waals surface area (Å²) in [5, 5.41) is 0. The molecule has 4 nitrogen and oxygen atoms in total. The van der Waals surface area contributed by atoms with Crippen molar-refractivity contribution in [1.82, 2.24) is 4.90 Å². The molecule has 0 aromatic heterocycles. The van der Waals surface area contributed by atoms with Crippen molar-refractivity contribution < 1.29 is 9.59 Å². The van der Waals surface area contributed by atoms with Gasteiger partial charge in [0.25, 0.3) is 0 Å². The van der Waals surface area contributed by atoms with Gasteiger partial charge >= 0.3 is 0 Å². The summed E-state index contributed by atoms with van der Waals surface area (Å²) in [4.78, 5) is 29.9. The molecule has 0 bridgehead atoms. The fourth-order valence-electron chi connectivity index (χ4n) is 4.12. The first-order valence-corrected chi connectivity index (χ1v) is 8.96. The summed E-state index contributed by atoms with van der Waals surface area (Å²) < 4.78 is 0. The first-order chi connectivity index (χ1) is 12.6. The van der Waals surface area contributed by atoms with Gasteiger partial charge in [0.1, 0.15) is 0 Å². The number of likely N-dealkylation sites (N-methyl/N-ethyl adjacent to an activating group) is 1. The lowest BCUT2D eigenvalue weighted by atomic mass is 9.73. The number of anilines is 1. The van der Waals surface area contributed by atoms with Crippen LogP contribution < -0.4 is 4.90 Å². The molecule has 1 atom stereocenters. The molecule has 0 aliphatic carbocycles. The van der Waals surface area contributed by atoms with Crippen molar-refractivity contribution in [3.63, 3.8) is 0 Å². The molecule has 0 N–H and O–H groups in total. The average Bonchev–Trinajstić information content (AvgIpc) is 3.27. The normalized spacial score (nSPS) is 21.3. The lowest BCUT2D eigenvalue weighted by Crippen LogP contribution is -2.45. The molecule has 1 unspecified atom stereocenters. The number of carbonyl (C=O) groups excluding carboxylic acids is 2. The summed E-state index contributed by atoms with van der Waals surface area (Å²) >= 11 is 0. The summed E-state index contributed by atoms with van der Waals surface area (Å²) in [5.74, 6) is 0.0347. The minimum atomic E-state index is -0.841. The Bertz CT molecular complexity index is 867. The third-order valence-corrected chi connectivity index (χ3v) is 5.47. The van der Waals surface area contributed by atoms with Crippen LogP contribution in [0.2, 0.25) is 0 Å². The number of fused-ring (bicyclic) bond motifs is 1. The van der Waals surface area contributed by atoms with E-state index in [0.29, 0.717) is 19.5 Å². The van der Waals surface area contributed by atoms with Crippen molar-refractivity contribution in [2.75, 3.05) is 25.0 Å². The van der Waals surface area contributed by atoms with Crippen LogP contribution in [-0.2, 0) is 21.4 Å². The highest BCUT2D eigenvalue weighted by atomic mass is 16.2. The molecule has 132 valence electrons. The van der Waals surface area contributed by atoms with E-state index in [1.54, 1.807) is 16.8 Å². The minimum absolute atomic E-state index is 0.00283. The van der Waals surface area contributed by atoms with E-state index in [4.69, 9.17) is 0 Å². The van der Waals surface area contributed by atoms with Gasteiger partial charge in [0.05, 0.1) is 5.41 Å². The van der Waals surface area contributed by atoms with Crippen LogP contribution in [0.5, 0.6) is 0 Å². The number of hydrogen-bond acceptors (Lipinski definition) is 2. The van der Waals surface area contributed by atoms with Crippen molar-refractivity contribution in [3.05, 3.63) is 77.9 Å². The molecule has 4 rings (SSSR count). The fourth-order valence-corrected chi connectivity index (χ4v) is 4.12. The molecule has 2 aromatic carbocycles. The molecule has 0 fully saturated rings. The summed E-state index contributed by atoms with van der Waals surface area (Å²) in [6, 6.07) is 17.8. The zero-order chi connectivity index (χ0) is 18.1. The Morgan fingerprint density at radius 3 is 2.38 bits per heavy atom. The Labute approximate surface area is 153 Å². The minimum Gasteiger partial charge on any atom is -0.335 e. The van der Waals surface area contributed by atoms with Crippen molar-refractivity contribution >= 4 is 17.5 Å². The van der Waals surface area contributed by atoms with E-state index in [2.05, 4.69) is 0 Å². The van der Waals surface area contributed by atoms with Gasteiger partial charge in [-0.25, -0.2) is 0 Å². The first-order valence-electron chi connectivity index (χ1n) is 8.96. The van der Waals surface area contributed by atoms with E-state index >= 15 is 0 Å². The SMILES string of the molecule is CN1C(=O)C(CC(=O)N2CC=CC2)(Cc2ccccc2)c2ccccc21. The molecule has 2 aliphatic heterocycles. The molecule has 2 aliphatic rings. The Morgan fingerprint density at radius 2 is 1.65 bits per heavy atom. The molecule has 2 amide bonds. The maximum atomic E-state index is 13.4. The molecule has 4 heteroatoms. The summed E-state index contributed by atoms with van der Waals surface area (Å²) in [6.45, 7) is 1.26. The van der Waals surface area contributed by atoms with E-state index in [1.165, 1.54) is 0 Å². The third kappa shape index (κ3) is 2.62. The van der Waals surface area contributed by atoms with Crippen molar-refractivity contribution in [3.8, 4) is 0 Å². The molecule has 2 heterocycles. The maximum absolute atomic E-state index is 13.4. The quantitative estimate of drug-likeness (QED) is 0.799. The lowest BCUT2D eigenvalue weighted by molar-refractivity contribution is -0.135. The molecule has 0 saturated heterocycles. The van der Waals surface area contributed by atoms with E-state index in [1.807, 2.05) is 66.7 Å². The van der Waals surface area contributed by atoms with Crippen LogP contribution in [0.4, 0.5) is 5.69 Å². The number of benzene rings is 2. The van der Waals surface area contributed by atoms with Gasteiger partial charge < -0.3 is 9.80 Å². The van der Waals surface area contributed by atoms with Crippen LogP contribution in [-0.4, -0.2) is 36.9 Å². The van der Waals surface area contributed by atoms with Crippen LogP contribution in [0.3, 0.4) is 0 Å². The van der Waals surface area contributed by atoms with Crippen molar-refractivity contribution in [2.45, 2.75) is 18.3 Å². The van der Waals surface area contributed by atoms with Gasteiger partial charge in [-0.2, -0.15) is 0 Å². The molecule has 2 aromatic rings. The zero-order valence-electron chi connectivity index (χ0n) is 14.9. The highest BCUT2D eigenvalue weighted by molar-refractivity contribution is 6.10. The van der Waals surface area contributed by atoms with Gasteiger partial charge in [0, 0.05) is 32.2 Å². The molecule has 0 saturated carbocycles. The van der Waals surface area contributed by atoms with Crippen LogP contribution >= 0.6 is 0 Å². The number of rotatable bonds is 4. The fraction of sp³-hybridized carbons (Fsp3) is 0.273. The monoisotopic (exact) mass is 346 g/mol. The Hall–Kier alpha value is -2.88. The smallest absolute Gasteiger partial charge is 0.238 e. The number of amides is 2. The van der Waals surface area contributed by atoms with Gasteiger partial charge in [-0.1, -0.05) is 60.7 Å². The van der Waals surface area contributed by atoms with Crippen molar-refractivity contribution in [2.24, 2.45) is 0 Å².